The summed E-state index contributed by atoms with van der Waals surface area (Å²) >= 11 is 0. The van der Waals surface area contributed by atoms with Gasteiger partial charge in [0.2, 0.25) is 15.9 Å². The van der Waals surface area contributed by atoms with Crippen LogP contribution in [0.25, 0.3) is 4.85 Å². The molecule has 1 aliphatic carbocycles. The van der Waals surface area contributed by atoms with Crippen molar-refractivity contribution in [2.24, 2.45) is 11.8 Å². The van der Waals surface area contributed by atoms with Crippen molar-refractivity contribution < 1.29 is 13.2 Å². The molecule has 1 saturated carbocycles. The number of hydrogen-bond acceptors (Lipinski definition) is 4. The molecule has 1 amide bonds. The first-order chi connectivity index (χ1) is 16.1. The average Bonchev–Trinajstić information content (AvgIpc) is 2.81. The van der Waals surface area contributed by atoms with Crippen LogP contribution in [0.3, 0.4) is 0 Å². The largest absolute Gasteiger partial charge is 0.336 e. The predicted molar refractivity (Wildman–Crippen MR) is 134 cm³/mol. The van der Waals surface area contributed by atoms with Gasteiger partial charge in [-0.15, -0.1) is 0 Å². The summed E-state index contributed by atoms with van der Waals surface area (Å²) in [6.45, 7) is 14.8. The van der Waals surface area contributed by atoms with E-state index in [1.807, 2.05) is 18.2 Å². The third-order valence-corrected chi connectivity index (χ3v) is 9.12. The van der Waals surface area contributed by atoms with Gasteiger partial charge in [0.25, 0.3) is 0 Å². The lowest BCUT2D eigenvalue weighted by atomic mass is 9.67. The first-order valence-electron chi connectivity index (χ1n) is 12.6. The van der Waals surface area contributed by atoms with Crippen LogP contribution in [0.4, 0.5) is 5.69 Å². The number of carbonyl (C=O) groups excluding carboxylic acids is 1. The topological polar surface area (TPSA) is 74.1 Å². The van der Waals surface area contributed by atoms with Crippen LogP contribution in [0, 0.1) is 18.4 Å². The molecule has 0 aromatic heterocycles. The number of fused-ring (bicyclic) bond motifs is 2. The van der Waals surface area contributed by atoms with Gasteiger partial charge < -0.3 is 9.80 Å². The summed E-state index contributed by atoms with van der Waals surface area (Å²) in [6.07, 6.45) is 7.77. The molecule has 1 saturated heterocycles. The van der Waals surface area contributed by atoms with Crippen molar-refractivity contribution in [3.8, 4) is 0 Å². The molecule has 2 aliphatic heterocycles. The van der Waals surface area contributed by atoms with E-state index in [1.54, 1.807) is 4.90 Å². The van der Waals surface area contributed by atoms with Crippen LogP contribution >= 0.6 is 0 Å². The fourth-order valence-electron chi connectivity index (χ4n) is 6.38. The van der Waals surface area contributed by atoms with Gasteiger partial charge in [-0.1, -0.05) is 32.0 Å². The number of nitrogens with zero attached hydrogens (tertiary/aromatic N) is 3. The van der Waals surface area contributed by atoms with Gasteiger partial charge in [0.1, 0.15) is 0 Å². The number of sulfonamides is 1. The van der Waals surface area contributed by atoms with Crippen molar-refractivity contribution in [3.05, 3.63) is 40.7 Å². The fourth-order valence-corrected chi connectivity index (χ4v) is 6.84. The Morgan fingerprint density at radius 3 is 2.44 bits per heavy atom. The van der Waals surface area contributed by atoms with E-state index in [9.17, 15) is 13.2 Å². The number of nitrogens with one attached hydrogen (secondary N) is 1. The van der Waals surface area contributed by atoms with Crippen LogP contribution in [0.1, 0.15) is 63.5 Å². The van der Waals surface area contributed by atoms with Crippen molar-refractivity contribution in [2.45, 2.75) is 70.4 Å². The number of likely N-dealkylation sites (tertiary alicyclic amines) is 1. The van der Waals surface area contributed by atoms with E-state index < -0.39 is 15.4 Å². The first kappa shape index (κ1) is 25.2. The van der Waals surface area contributed by atoms with Gasteiger partial charge in [-0.3, -0.25) is 4.79 Å². The van der Waals surface area contributed by atoms with Crippen molar-refractivity contribution in [1.29, 1.82) is 0 Å². The Morgan fingerprint density at radius 1 is 1.18 bits per heavy atom. The quantitative estimate of drug-likeness (QED) is 0.623. The minimum Gasteiger partial charge on any atom is -0.336 e. The summed E-state index contributed by atoms with van der Waals surface area (Å²) < 4.78 is 25.6. The zero-order valence-corrected chi connectivity index (χ0v) is 21.5. The van der Waals surface area contributed by atoms with Crippen LogP contribution in [0.15, 0.2) is 18.2 Å². The van der Waals surface area contributed by atoms with Crippen LogP contribution in [0.2, 0.25) is 0 Å². The summed E-state index contributed by atoms with van der Waals surface area (Å²) in [6, 6.07) is 6.36. The Labute approximate surface area is 204 Å². The van der Waals surface area contributed by atoms with Gasteiger partial charge >= 0.3 is 0 Å². The lowest BCUT2D eigenvalue weighted by Crippen LogP contribution is -2.58. The fraction of sp³-hybridized carbons (Fsp3) is 0.692. The third kappa shape index (κ3) is 5.17. The summed E-state index contributed by atoms with van der Waals surface area (Å²) in [4.78, 5) is 21.8. The Hall–Kier alpha value is -1.95. The molecule has 7 nitrogen and oxygen atoms in total. The number of amides is 1. The molecule has 0 atom stereocenters. The second-order valence-electron chi connectivity index (χ2n) is 10.8. The molecule has 34 heavy (non-hydrogen) atoms. The number of carbonyl (C=O) groups is 1. The minimum atomic E-state index is -3.31. The maximum Gasteiger partial charge on any atom is 0.233 e. The van der Waals surface area contributed by atoms with Crippen LogP contribution < -0.4 is 4.72 Å². The molecule has 2 heterocycles. The molecule has 2 fully saturated rings. The van der Waals surface area contributed by atoms with Gasteiger partial charge in [-0.2, -0.15) is 0 Å². The molecule has 8 heteroatoms. The maximum absolute atomic E-state index is 13.8. The van der Waals surface area contributed by atoms with Crippen LogP contribution in [-0.2, 0) is 26.8 Å². The molecule has 4 rings (SSSR count). The van der Waals surface area contributed by atoms with E-state index in [1.165, 1.54) is 25.7 Å². The van der Waals surface area contributed by atoms with Gasteiger partial charge in [-0.25, -0.2) is 18.0 Å². The van der Waals surface area contributed by atoms with Crippen molar-refractivity contribution in [2.75, 3.05) is 32.4 Å². The molecule has 1 aromatic carbocycles. The molecular weight excluding hydrogens is 448 g/mol. The molecule has 1 N–H and O–H groups in total. The van der Waals surface area contributed by atoms with E-state index in [0.29, 0.717) is 24.8 Å². The monoisotopic (exact) mass is 486 g/mol. The zero-order valence-electron chi connectivity index (χ0n) is 20.7. The highest BCUT2D eigenvalue weighted by molar-refractivity contribution is 7.88. The van der Waals surface area contributed by atoms with Crippen LogP contribution in [-0.4, -0.2) is 62.6 Å². The lowest BCUT2D eigenvalue weighted by molar-refractivity contribution is -0.142. The molecule has 186 valence electrons. The average molecular weight is 487 g/mol. The SMILES string of the molecule is [C-]#[N+]c1ccc2c(c1)CN(CCNS(C)(=O)=O)C(=O)C21CCN(C2CCC(C(C)C)CC2)CC1. The van der Waals surface area contributed by atoms with E-state index in [2.05, 4.69) is 28.3 Å². The highest BCUT2D eigenvalue weighted by atomic mass is 32.2. The highest BCUT2D eigenvalue weighted by Gasteiger charge is 2.49. The van der Waals surface area contributed by atoms with E-state index in [-0.39, 0.29) is 12.5 Å². The minimum absolute atomic E-state index is 0.106. The summed E-state index contributed by atoms with van der Waals surface area (Å²) in [5.74, 6) is 1.70. The molecule has 0 radical (unpaired) electrons. The Bertz CT molecular complexity index is 1050. The molecule has 0 bridgehead atoms. The van der Waals surface area contributed by atoms with E-state index >= 15 is 0 Å². The van der Waals surface area contributed by atoms with Crippen molar-refractivity contribution in [1.82, 2.24) is 14.5 Å². The van der Waals surface area contributed by atoms with Crippen LogP contribution in [0.5, 0.6) is 0 Å². The summed E-state index contributed by atoms with van der Waals surface area (Å²) in [5.41, 5.74) is 2.10. The highest BCUT2D eigenvalue weighted by Crippen LogP contribution is 2.45. The Kier molecular flexibility index (Phi) is 7.37. The Balaban J connectivity index is 1.51. The maximum atomic E-state index is 13.8. The molecule has 1 spiro atoms. The molecule has 3 aliphatic rings. The normalized spacial score (nSPS) is 25.4. The van der Waals surface area contributed by atoms with E-state index in [4.69, 9.17) is 6.57 Å². The second kappa shape index (κ2) is 9.96. The number of piperidine rings is 1. The van der Waals surface area contributed by atoms with E-state index in [0.717, 1.165) is 55.1 Å². The molecule has 1 aromatic rings. The zero-order chi connectivity index (χ0) is 24.5. The van der Waals surface area contributed by atoms with Gasteiger partial charge in [0.15, 0.2) is 5.69 Å². The Morgan fingerprint density at radius 2 is 1.85 bits per heavy atom. The standard InChI is InChI=1S/C26H38N4O3S/c1-19(2)20-5-8-23(9-6-20)29-14-11-26(12-15-29)24-10-7-22(27-3)17-21(24)18-30(25(26)31)16-13-28-34(4,32)33/h7,10,17,19-20,23,28H,5-6,8-9,11-16,18H2,1-2,4H3. The van der Waals surface area contributed by atoms with Gasteiger partial charge in [-0.05, 0) is 74.6 Å². The first-order valence-corrected chi connectivity index (χ1v) is 14.5. The summed E-state index contributed by atoms with van der Waals surface area (Å²) in [5, 5.41) is 0. The van der Waals surface area contributed by atoms with Gasteiger partial charge in [0, 0.05) is 25.7 Å². The lowest BCUT2D eigenvalue weighted by Gasteiger charge is -2.49. The number of rotatable bonds is 6. The van der Waals surface area contributed by atoms with Crippen molar-refractivity contribution in [3.63, 3.8) is 0 Å². The second-order valence-corrected chi connectivity index (χ2v) is 12.6. The predicted octanol–water partition coefficient (Wildman–Crippen LogP) is 3.68. The molecular formula is C26H38N4O3S. The summed E-state index contributed by atoms with van der Waals surface area (Å²) in [7, 11) is -3.31. The number of hydrogen-bond donors (Lipinski definition) is 1. The smallest absolute Gasteiger partial charge is 0.233 e. The molecule has 0 unspecified atom stereocenters. The number of benzene rings is 1. The van der Waals surface area contributed by atoms with Crippen molar-refractivity contribution >= 4 is 21.6 Å². The third-order valence-electron chi connectivity index (χ3n) is 8.39. The van der Waals surface area contributed by atoms with Gasteiger partial charge in [0.05, 0.1) is 18.2 Å².